The Labute approximate surface area is 156 Å². The second-order valence-corrected chi connectivity index (χ2v) is 7.92. The number of allylic oxidation sites excluding steroid dienone is 3. The molecule has 0 unspecified atom stereocenters. The standard InChI is InChI=1S/C20H20FN3OS/c1-11-8-16(9-14-6-7-15(21)10-17(14)13-4-5-13)23-20-24(11)18(12(2)26-20)19(25)22-3/h6-8,10,13H,1,4-5,9H2,2-3H3,(H,22,25). The first-order chi connectivity index (χ1) is 12.5. The average molecular weight is 369 g/mol. The summed E-state index contributed by atoms with van der Waals surface area (Å²) in [6.07, 6.45) is 4.79. The van der Waals surface area contributed by atoms with E-state index in [-0.39, 0.29) is 11.7 Å². The van der Waals surface area contributed by atoms with Gasteiger partial charge in [0.15, 0.2) is 5.17 Å². The Bertz CT molecular complexity index is 912. The Morgan fingerprint density at radius 3 is 2.92 bits per heavy atom. The maximum absolute atomic E-state index is 13.6. The maximum Gasteiger partial charge on any atom is 0.268 e. The zero-order chi connectivity index (χ0) is 18.4. The molecule has 4 rings (SSSR count). The lowest BCUT2D eigenvalue weighted by molar-refractivity contribution is -0.117. The average Bonchev–Trinajstić information content (AvgIpc) is 3.38. The Morgan fingerprint density at radius 1 is 1.46 bits per heavy atom. The number of nitrogens with one attached hydrogen (secondary N) is 1. The summed E-state index contributed by atoms with van der Waals surface area (Å²) in [6.45, 7) is 6.03. The molecule has 0 saturated heterocycles. The largest absolute Gasteiger partial charge is 0.354 e. The third-order valence-corrected chi connectivity index (χ3v) is 5.75. The van der Waals surface area contributed by atoms with Crippen molar-refractivity contribution >= 4 is 22.8 Å². The summed E-state index contributed by atoms with van der Waals surface area (Å²) in [5.74, 6) is 0.145. The van der Waals surface area contributed by atoms with Crippen LogP contribution in [0.2, 0.25) is 0 Å². The lowest BCUT2D eigenvalue weighted by Crippen LogP contribution is -2.33. The van der Waals surface area contributed by atoms with Crippen LogP contribution in [0.15, 0.2) is 57.8 Å². The Hall–Kier alpha value is -2.34. The number of likely N-dealkylation sites (N-methyl/N-ethyl adjacent to an activating group) is 1. The monoisotopic (exact) mass is 369 g/mol. The lowest BCUT2D eigenvalue weighted by atomic mass is 9.98. The quantitative estimate of drug-likeness (QED) is 0.871. The van der Waals surface area contributed by atoms with Gasteiger partial charge < -0.3 is 5.32 Å². The van der Waals surface area contributed by atoms with Gasteiger partial charge in [0.25, 0.3) is 5.91 Å². The number of rotatable bonds is 4. The van der Waals surface area contributed by atoms with E-state index < -0.39 is 0 Å². The highest BCUT2D eigenvalue weighted by Gasteiger charge is 2.35. The van der Waals surface area contributed by atoms with Crippen LogP contribution in [0.3, 0.4) is 0 Å². The van der Waals surface area contributed by atoms with Crippen molar-refractivity contribution in [2.24, 2.45) is 4.99 Å². The van der Waals surface area contributed by atoms with Gasteiger partial charge in [-0.15, -0.1) is 0 Å². The van der Waals surface area contributed by atoms with Crippen molar-refractivity contribution in [2.75, 3.05) is 7.05 Å². The van der Waals surface area contributed by atoms with E-state index in [1.807, 2.05) is 19.1 Å². The van der Waals surface area contributed by atoms with E-state index in [0.29, 0.717) is 18.0 Å². The number of hydrogen-bond acceptors (Lipinski definition) is 4. The van der Waals surface area contributed by atoms with Crippen LogP contribution in [-0.2, 0) is 11.2 Å². The van der Waals surface area contributed by atoms with Crippen LogP contribution < -0.4 is 5.32 Å². The maximum atomic E-state index is 13.6. The summed E-state index contributed by atoms with van der Waals surface area (Å²) in [7, 11) is 1.62. The SMILES string of the molecule is C=C1C=C(Cc2ccc(F)cc2C2CC2)N=C2SC(C)=C(C(=O)NC)N12. The second-order valence-electron chi connectivity index (χ2n) is 6.74. The Morgan fingerprint density at radius 2 is 2.23 bits per heavy atom. The van der Waals surface area contributed by atoms with E-state index in [2.05, 4.69) is 11.9 Å². The summed E-state index contributed by atoms with van der Waals surface area (Å²) in [5.41, 5.74) is 4.40. The van der Waals surface area contributed by atoms with Gasteiger partial charge in [-0.25, -0.2) is 9.38 Å². The molecule has 0 spiro atoms. The Kier molecular flexibility index (Phi) is 4.23. The number of carbonyl (C=O) groups excluding carboxylic acids is 1. The van der Waals surface area contributed by atoms with E-state index in [9.17, 15) is 9.18 Å². The van der Waals surface area contributed by atoms with Crippen LogP contribution in [0.5, 0.6) is 0 Å². The first-order valence-corrected chi connectivity index (χ1v) is 9.47. The highest BCUT2D eigenvalue weighted by Crippen LogP contribution is 2.43. The fourth-order valence-electron chi connectivity index (χ4n) is 3.40. The molecule has 0 aromatic heterocycles. The van der Waals surface area contributed by atoms with Crippen molar-refractivity contribution in [1.29, 1.82) is 0 Å². The third kappa shape index (κ3) is 2.98. The number of nitrogens with zero attached hydrogens (tertiary/aromatic N) is 2. The van der Waals surface area contributed by atoms with Gasteiger partial charge in [-0.1, -0.05) is 24.4 Å². The van der Waals surface area contributed by atoms with Gasteiger partial charge in [-0.3, -0.25) is 9.69 Å². The smallest absolute Gasteiger partial charge is 0.268 e. The molecular weight excluding hydrogens is 349 g/mol. The molecule has 1 aliphatic carbocycles. The number of carbonyl (C=O) groups is 1. The molecule has 1 N–H and O–H groups in total. The number of halogens is 1. The van der Waals surface area contributed by atoms with Crippen molar-refractivity contribution in [3.05, 3.63) is 69.8 Å². The fourth-order valence-corrected chi connectivity index (χ4v) is 4.42. The van der Waals surface area contributed by atoms with Crippen LogP contribution >= 0.6 is 11.8 Å². The van der Waals surface area contributed by atoms with Crippen molar-refractivity contribution in [2.45, 2.75) is 32.1 Å². The summed E-state index contributed by atoms with van der Waals surface area (Å²) in [4.78, 5) is 19.6. The number of benzene rings is 1. The van der Waals surface area contributed by atoms with Crippen LogP contribution in [0, 0.1) is 5.82 Å². The van der Waals surface area contributed by atoms with Crippen LogP contribution in [0.4, 0.5) is 4.39 Å². The number of fused-ring (bicyclic) bond motifs is 1. The van der Waals surface area contributed by atoms with E-state index in [1.165, 1.54) is 17.8 Å². The molecule has 0 radical (unpaired) electrons. The second kappa shape index (κ2) is 6.43. The zero-order valence-electron chi connectivity index (χ0n) is 14.8. The summed E-state index contributed by atoms with van der Waals surface area (Å²) in [5, 5.41) is 3.42. The first kappa shape index (κ1) is 17.1. The number of aliphatic imine (C=N–C) groups is 1. The predicted octanol–water partition coefficient (Wildman–Crippen LogP) is 4.04. The lowest BCUT2D eigenvalue weighted by Gasteiger charge is -2.26. The molecule has 1 aromatic rings. The van der Waals surface area contributed by atoms with Crippen LogP contribution in [-0.4, -0.2) is 23.0 Å². The minimum absolute atomic E-state index is 0.146. The van der Waals surface area contributed by atoms with Gasteiger partial charge in [0.05, 0.1) is 0 Å². The van der Waals surface area contributed by atoms with Gasteiger partial charge in [0, 0.05) is 29.8 Å². The molecule has 1 fully saturated rings. The Balaban J connectivity index is 1.61. The van der Waals surface area contributed by atoms with Gasteiger partial charge in [0.1, 0.15) is 11.5 Å². The molecular formula is C20H20FN3OS. The van der Waals surface area contributed by atoms with E-state index in [0.717, 1.165) is 45.4 Å². The molecule has 0 bridgehead atoms. The minimum atomic E-state index is -0.184. The van der Waals surface area contributed by atoms with Crippen LogP contribution in [0.25, 0.3) is 0 Å². The number of amidine groups is 1. The number of thioether (sulfide) groups is 1. The van der Waals surface area contributed by atoms with Crippen molar-refractivity contribution < 1.29 is 9.18 Å². The molecule has 1 saturated carbocycles. The molecule has 2 aliphatic heterocycles. The van der Waals surface area contributed by atoms with Gasteiger partial charge in [-0.05, 0) is 55.0 Å². The summed E-state index contributed by atoms with van der Waals surface area (Å²) in [6, 6.07) is 5.03. The highest BCUT2D eigenvalue weighted by atomic mass is 32.2. The molecule has 4 nitrogen and oxygen atoms in total. The summed E-state index contributed by atoms with van der Waals surface area (Å²) < 4.78 is 13.6. The number of hydrogen-bond donors (Lipinski definition) is 1. The molecule has 6 heteroatoms. The van der Waals surface area contributed by atoms with E-state index in [4.69, 9.17) is 4.99 Å². The minimum Gasteiger partial charge on any atom is -0.354 e. The predicted molar refractivity (Wildman–Crippen MR) is 103 cm³/mol. The van der Waals surface area contributed by atoms with E-state index in [1.54, 1.807) is 18.0 Å². The van der Waals surface area contributed by atoms with E-state index >= 15 is 0 Å². The summed E-state index contributed by atoms with van der Waals surface area (Å²) >= 11 is 1.48. The molecule has 3 aliphatic rings. The number of amides is 1. The van der Waals surface area contributed by atoms with Crippen molar-refractivity contribution in [3.63, 3.8) is 0 Å². The van der Waals surface area contributed by atoms with Crippen LogP contribution in [0.1, 0.15) is 36.8 Å². The van der Waals surface area contributed by atoms with Gasteiger partial charge in [-0.2, -0.15) is 0 Å². The first-order valence-electron chi connectivity index (χ1n) is 8.65. The van der Waals surface area contributed by atoms with Crippen molar-refractivity contribution in [1.82, 2.24) is 10.2 Å². The fraction of sp³-hybridized carbons (Fsp3) is 0.300. The normalized spacial score (nSPS) is 19.3. The van der Waals surface area contributed by atoms with Crippen molar-refractivity contribution in [3.8, 4) is 0 Å². The highest BCUT2D eigenvalue weighted by molar-refractivity contribution is 8.17. The molecule has 1 amide bonds. The third-order valence-electron chi connectivity index (χ3n) is 4.79. The zero-order valence-corrected chi connectivity index (χ0v) is 15.6. The molecule has 26 heavy (non-hydrogen) atoms. The van der Waals surface area contributed by atoms with Gasteiger partial charge in [0.2, 0.25) is 0 Å². The molecule has 2 heterocycles. The molecule has 134 valence electrons. The topological polar surface area (TPSA) is 44.7 Å². The molecule has 0 atom stereocenters. The molecule has 1 aromatic carbocycles. The van der Waals surface area contributed by atoms with Gasteiger partial charge >= 0.3 is 0 Å².